The van der Waals surface area contributed by atoms with Crippen LogP contribution in [0.3, 0.4) is 0 Å². The first-order valence-corrected chi connectivity index (χ1v) is 8.02. The summed E-state index contributed by atoms with van der Waals surface area (Å²) in [6.07, 6.45) is -4.51. The van der Waals surface area contributed by atoms with Crippen LogP contribution in [0, 0.1) is 0 Å². The molecule has 1 heterocycles. The number of carbonyl (C=O) groups is 1. The SMILES string of the molecule is Nc1ccc(C(=O)NCc2nc(Cc3ccccc3C(F)(F)F)n[nH]2)cc1. The molecule has 0 saturated carbocycles. The lowest BCUT2D eigenvalue weighted by molar-refractivity contribution is -0.138. The van der Waals surface area contributed by atoms with Gasteiger partial charge in [0.2, 0.25) is 0 Å². The van der Waals surface area contributed by atoms with E-state index < -0.39 is 11.7 Å². The minimum Gasteiger partial charge on any atom is -0.399 e. The zero-order valence-corrected chi connectivity index (χ0v) is 14.0. The Morgan fingerprint density at radius 2 is 1.81 bits per heavy atom. The number of amides is 1. The zero-order chi connectivity index (χ0) is 19.4. The summed E-state index contributed by atoms with van der Waals surface area (Å²) >= 11 is 0. The summed E-state index contributed by atoms with van der Waals surface area (Å²) < 4.78 is 39.1. The molecule has 0 unspecified atom stereocenters. The third-order valence-electron chi connectivity index (χ3n) is 3.84. The van der Waals surface area contributed by atoms with E-state index in [9.17, 15) is 18.0 Å². The van der Waals surface area contributed by atoms with Crippen molar-refractivity contribution >= 4 is 11.6 Å². The Kier molecular flexibility index (Phi) is 5.11. The quantitative estimate of drug-likeness (QED) is 0.598. The molecular weight excluding hydrogens is 359 g/mol. The lowest BCUT2D eigenvalue weighted by Crippen LogP contribution is -2.23. The van der Waals surface area contributed by atoms with Crippen LogP contribution < -0.4 is 11.1 Å². The van der Waals surface area contributed by atoms with Gasteiger partial charge < -0.3 is 11.1 Å². The van der Waals surface area contributed by atoms with E-state index in [1.54, 1.807) is 24.3 Å². The summed E-state index contributed by atoms with van der Waals surface area (Å²) in [6, 6.07) is 11.7. The van der Waals surface area contributed by atoms with E-state index >= 15 is 0 Å². The highest BCUT2D eigenvalue weighted by molar-refractivity contribution is 5.94. The minimum atomic E-state index is -4.44. The van der Waals surface area contributed by atoms with Crippen molar-refractivity contribution in [3.63, 3.8) is 0 Å². The van der Waals surface area contributed by atoms with Crippen LogP contribution in [0.25, 0.3) is 0 Å². The van der Waals surface area contributed by atoms with Crippen LogP contribution >= 0.6 is 0 Å². The zero-order valence-electron chi connectivity index (χ0n) is 14.0. The van der Waals surface area contributed by atoms with Crippen molar-refractivity contribution in [2.75, 3.05) is 5.73 Å². The molecule has 9 heteroatoms. The number of rotatable bonds is 5. The number of alkyl halides is 3. The van der Waals surface area contributed by atoms with E-state index in [2.05, 4.69) is 20.5 Å². The molecule has 1 aromatic heterocycles. The second kappa shape index (κ2) is 7.48. The maximum absolute atomic E-state index is 13.0. The van der Waals surface area contributed by atoms with Crippen molar-refractivity contribution in [2.45, 2.75) is 19.1 Å². The van der Waals surface area contributed by atoms with Gasteiger partial charge >= 0.3 is 6.18 Å². The number of aromatic amines is 1. The fourth-order valence-electron chi connectivity index (χ4n) is 2.51. The number of benzene rings is 2. The first-order chi connectivity index (χ1) is 12.8. The molecule has 27 heavy (non-hydrogen) atoms. The molecular formula is C18H16F3N5O. The molecule has 0 aliphatic carbocycles. The largest absolute Gasteiger partial charge is 0.416 e. The van der Waals surface area contributed by atoms with E-state index in [-0.39, 0.29) is 30.3 Å². The molecule has 2 aromatic carbocycles. The summed E-state index contributed by atoms with van der Waals surface area (Å²) in [4.78, 5) is 16.2. The number of halogens is 3. The maximum Gasteiger partial charge on any atom is 0.416 e. The Labute approximate surface area is 152 Å². The monoisotopic (exact) mass is 375 g/mol. The highest BCUT2D eigenvalue weighted by atomic mass is 19.4. The third-order valence-corrected chi connectivity index (χ3v) is 3.84. The van der Waals surface area contributed by atoms with Gasteiger partial charge in [-0.1, -0.05) is 18.2 Å². The van der Waals surface area contributed by atoms with Crippen molar-refractivity contribution in [2.24, 2.45) is 0 Å². The number of nitrogens with one attached hydrogen (secondary N) is 2. The first kappa shape index (κ1) is 18.4. The molecule has 6 nitrogen and oxygen atoms in total. The predicted octanol–water partition coefficient (Wildman–Crippen LogP) is 2.93. The number of carbonyl (C=O) groups excluding carboxylic acids is 1. The second-order valence-corrected chi connectivity index (χ2v) is 5.83. The molecule has 0 spiro atoms. The van der Waals surface area contributed by atoms with E-state index in [1.807, 2.05) is 0 Å². The fraction of sp³-hybridized carbons (Fsp3) is 0.167. The number of hydrogen-bond acceptors (Lipinski definition) is 4. The van der Waals surface area contributed by atoms with Crippen LogP contribution in [0.1, 0.15) is 33.1 Å². The molecule has 0 aliphatic rings. The molecule has 0 radical (unpaired) electrons. The molecule has 3 rings (SSSR count). The van der Waals surface area contributed by atoms with Crippen molar-refractivity contribution in [3.05, 3.63) is 76.9 Å². The number of hydrogen-bond donors (Lipinski definition) is 3. The highest BCUT2D eigenvalue weighted by Gasteiger charge is 2.33. The predicted molar refractivity (Wildman–Crippen MR) is 92.7 cm³/mol. The number of aromatic nitrogens is 3. The first-order valence-electron chi connectivity index (χ1n) is 8.02. The van der Waals surface area contributed by atoms with E-state index in [4.69, 9.17) is 5.73 Å². The summed E-state index contributed by atoms with van der Waals surface area (Å²) in [7, 11) is 0. The molecule has 3 aromatic rings. The van der Waals surface area contributed by atoms with Gasteiger partial charge in [-0.05, 0) is 35.9 Å². The van der Waals surface area contributed by atoms with Crippen LogP contribution in [-0.2, 0) is 19.1 Å². The van der Waals surface area contributed by atoms with Crippen LogP contribution in [0.5, 0.6) is 0 Å². The van der Waals surface area contributed by atoms with Gasteiger partial charge in [0.15, 0.2) is 5.82 Å². The minimum absolute atomic E-state index is 0.0666. The summed E-state index contributed by atoms with van der Waals surface area (Å²) in [6.45, 7) is 0.0666. The van der Waals surface area contributed by atoms with Gasteiger partial charge in [-0.15, -0.1) is 0 Å². The molecule has 0 bridgehead atoms. The summed E-state index contributed by atoms with van der Waals surface area (Å²) in [5.74, 6) is 0.233. The van der Waals surface area contributed by atoms with Crippen molar-refractivity contribution in [1.82, 2.24) is 20.5 Å². The van der Waals surface area contributed by atoms with Crippen molar-refractivity contribution in [1.29, 1.82) is 0 Å². The smallest absolute Gasteiger partial charge is 0.399 e. The van der Waals surface area contributed by atoms with Gasteiger partial charge in [0.25, 0.3) is 5.91 Å². The summed E-state index contributed by atoms with van der Waals surface area (Å²) in [5, 5.41) is 9.20. The Balaban J connectivity index is 1.64. The Morgan fingerprint density at radius 1 is 1.11 bits per heavy atom. The lowest BCUT2D eigenvalue weighted by Gasteiger charge is -2.11. The van der Waals surface area contributed by atoms with Crippen LogP contribution in [0.4, 0.5) is 18.9 Å². The Morgan fingerprint density at radius 3 is 2.52 bits per heavy atom. The maximum atomic E-state index is 13.0. The average Bonchev–Trinajstić information content (AvgIpc) is 3.07. The molecule has 0 saturated heterocycles. The summed E-state index contributed by atoms with van der Waals surface area (Å²) in [5.41, 5.74) is 5.92. The van der Waals surface area contributed by atoms with E-state index in [1.165, 1.54) is 18.2 Å². The topological polar surface area (TPSA) is 96.7 Å². The number of anilines is 1. The van der Waals surface area contributed by atoms with Gasteiger partial charge in [-0.25, -0.2) is 4.98 Å². The number of nitrogen functional groups attached to an aromatic ring is 1. The molecule has 0 aliphatic heterocycles. The normalized spacial score (nSPS) is 11.4. The van der Waals surface area contributed by atoms with Crippen LogP contribution in [0.15, 0.2) is 48.5 Å². The van der Waals surface area contributed by atoms with Crippen LogP contribution in [0.2, 0.25) is 0 Å². The van der Waals surface area contributed by atoms with Crippen molar-refractivity contribution < 1.29 is 18.0 Å². The lowest BCUT2D eigenvalue weighted by atomic mass is 10.0. The van der Waals surface area contributed by atoms with E-state index in [0.717, 1.165) is 6.07 Å². The molecule has 1 amide bonds. The van der Waals surface area contributed by atoms with Gasteiger partial charge in [0.1, 0.15) is 5.82 Å². The Bertz CT molecular complexity index is 935. The molecule has 0 fully saturated rings. The highest BCUT2D eigenvalue weighted by Crippen LogP contribution is 2.32. The van der Waals surface area contributed by atoms with Gasteiger partial charge in [0.05, 0.1) is 12.1 Å². The third kappa shape index (κ3) is 4.63. The second-order valence-electron chi connectivity index (χ2n) is 5.83. The number of nitrogens with two attached hydrogens (primary N) is 1. The van der Waals surface area contributed by atoms with Gasteiger partial charge in [0, 0.05) is 17.7 Å². The Hall–Kier alpha value is -3.36. The molecule has 4 N–H and O–H groups in total. The standard InChI is InChI=1S/C18H16F3N5O/c19-18(20,21)14-4-2-1-3-12(14)9-15-24-16(26-25-15)10-23-17(27)11-5-7-13(22)8-6-11/h1-8H,9-10,22H2,(H,23,27)(H,24,25,26). The average molecular weight is 375 g/mol. The van der Waals surface area contributed by atoms with E-state index in [0.29, 0.717) is 17.1 Å². The van der Waals surface area contributed by atoms with Crippen LogP contribution in [-0.4, -0.2) is 21.1 Å². The molecule has 0 atom stereocenters. The van der Waals surface area contributed by atoms with Crippen molar-refractivity contribution in [3.8, 4) is 0 Å². The fourth-order valence-corrected chi connectivity index (χ4v) is 2.51. The van der Waals surface area contributed by atoms with Gasteiger partial charge in [-0.3, -0.25) is 9.89 Å². The van der Waals surface area contributed by atoms with Gasteiger partial charge in [-0.2, -0.15) is 18.3 Å². The number of nitrogens with zero attached hydrogens (tertiary/aromatic N) is 2. The molecule has 140 valence electrons. The number of H-pyrrole nitrogens is 1.